The number of hydrogen-bond donors (Lipinski definition) is 2. The molecule has 0 amide bonds. The van der Waals surface area contributed by atoms with E-state index in [1.165, 1.54) is 19.2 Å². The number of carbonyl (C=O) groups excluding carboxylic acids is 1. The van der Waals surface area contributed by atoms with Gasteiger partial charge in [0.25, 0.3) is 0 Å². The minimum atomic E-state index is -1.78. The number of methoxy groups -OCH3 is 1. The van der Waals surface area contributed by atoms with Crippen LogP contribution in [0.15, 0.2) is 34.8 Å². The first-order valence-electron chi connectivity index (χ1n) is 6.56. The van der Waals surface area contributed by atoms with E-state index in [0.29, 0.717) is 17.1 Å². The van der Waals surface area contributed by atoms with Crippen molar-refractivity contribution in [3.63, 3.8) is 0 Å². The lowest BCUT2D eigenvalue weighted by Gasteiger charge is -2.14. The van der Waals surface area contributed by atoms with Crippen LogP contribution < -0.4 is 14.9 Å². The zero-order valence-electron chi connectivity index (χ0n) is 12.1. The predicted octanol–water partition coefficient (Wildman–Crippen LogP) is 2.18. The van der Waals surface area contributed by atoms with Gasteiger partial charge in [0, 0.05) is 20.6 Å². The van der Waals surface area contributed by atoms with Gasteiger partial charge in [-0.3, -0.25) is 4.79 Å². The number of aldehydes is 1. The molecular formula is C15H13BBrClO5. The van der Waals surface area contributed by atoms with E-state index in [4.69, 9.17) is 21.1 Å². The fourth-order valence-electron chi connectivity index (χ4n) is 2.00. The molecule has 0 aromatic heterocycles. The van der Waals surface area contributed by atoms with Gasteiger partial charge in [0.05, 0.1) is 7.11 Å². The summed E-state index contributed by atoms with van der Waals surface area (Å²) < 4.78 is 11.7. The van der Waals surface area contributed by atoms with Crippen molar-refractivity contribution in [2.45, 2.75) is 6.61 Å². The smallest absolute Gasteiger partial charge is 0.489 e. The van der Waals surface area contributed by atoms with E-state index in [-0.39, 0.29) is 23.4 Å². The molecule has 23 heavy (non-hydrogen) atoms. The number of carbonyl (C=O) groups is 1. The van der Waals surface area contributed by atoms with E-state index in [2.05, 4.69) is 15.9 Å². The van der Waals surface area contributed by atoms with Gasteiger partial charge in [0.1, 0.15) is 12.9 Å². The summed E-state index contributed by atoms with van der Waals surface area (Å²) in [5.41, 5.74) is 0.905. The molecule has 0 aliphatic rings. The van der Waals surface area contributed by atoms with Gasteiger partial charge in [-0.05, 0) is 35.8 Å². The lowest BCUT2D eigenvalue weighted by Crippen LogP contribution is -2.33. The van der Waals surface area contributed by atoms with Gasteiger partial charge in [0.2, 0.25) is 0 Å². The van der Waals surface area contributed by atoms with Crippen LogP contribution in [0.5, 0.6) is 11.5 Å². The average Bonchev–Trinajstić information content (AvgIpc) is 2.54. The number of benzene rings is 2. The second kappa shape index (κ2) is 7.83. The van der Waals surface area contributed by atoms with Crippen LogP contribution >= 0.6 is 27.5 Å². The van der Waals surface area contributed by atoms with E-state index in [1.807, 2.05) is 12.1 Å². The zero-order valence-corrected chi connectivity index (χ0v) is 14.5. The molecule has 2 rings (SSSR count). The molecule has 0 unspecified atom stereocenters. The minimum Gasteiger partial charge on any atom is -0.493 e. The second-order valence-electron chi connectivity index (χ2n) is 4.65. The Morgan fingerprint density at radius 3 is 2.61 bits per heavy atom. The van der Waals surface area contributed by atoms with Gasteiger partial charge >= 0.3 is 7.12 Å². The van der Waals surface area contributed by atoms with Crippen molar-refractivity contribution in [2.24, 2.45) is 0 Å². The van der Waals surface area contributed by atoms with Crippen LogP contribution in [0, 0.1) is 0 Å². The number of hydrogen-bond acceptors (Lipinski definition) is 5. The van der Waals surface area contributed by atoms with Crippen LogP contribution in [0.2, 0.25) is 5.02 Å². The fraction of sp³-hybridized carbons (Fsp3) is 0.133. The molecular weight excluding hydrogens is 386 g/mol. The molecule has 0 fully saturated rings. The largest absolute Gasteiger partial charge is 0.493 e. The Morgan fingerprint density at radius 2 is 2.00 bits per heavy atom. The Kier molecular flexibility index (Phi) is 6.07. The monoisotopic (exact) mass is 398 g/mol. The van der Waals surface area contributed by atoms with Crippen molar-refractivity contribution in [1.29, 1.82) is 0 Å². The summed E-state index contributed by atoms with van der Waals surface area (Å²) in [6, 6.07) is 8.12. The molecule has 0 saturated carbocycles. The lowest BCUT2D eigenvalue weighted by atomic mass is 9.77. The Morgan fingerprint density at radius 1 is 1.26 bits per heavy atom. The number of rotatable bonds is 6. The molecule has 2 N–H and O–H groups in total. The van der Waals surface area contributed by atoms with Crippen molar-refractivity contribution in [3.05, 3.63) is 51.0 Å². The molecule has 8 heteroatoms. The summed E-state index contributed by atoms with van der Waals surface area (Å²) >= 11 is 9.47. The summed E-state index contributed by atoms with van der Waals surface area (Å²) in [5.74, 6) is 0.583. The van der Waals surface area contributed by atoms with Gasteiger partial charge in [-0.25, -0.2) is 0 Å². The van der Waals surface area contributed by atoms with E-state index >= 15 is 0 Å². The van der Waals surface area contributed by atoms with E-state index in [0.717, 1.165) is 10.0 Å². The van der Waals surface area contributed by atoms with E-state index < -0.39 is 7.12 Å². The molecule has 2 aromatic rings. The molecule has 0 bridgehead atoms. The third kappa shape index (κ3) is 4.26. The highest BCUT2D eigenvalue weighted by Gasteiger charge is 2.20. The van der Waals surface area contributed by atoms with Crippen LogP contribution in [0.25, 0.3) is 0 Å². The van der Waals surface area contributed by atoms with Crippen molar-refractivity contribution in [3.8, 4) is 11.5 Å². The molecule has 0 heterocycles. The van der Waals surface area contributed by atoms with Gasteiger partial charge < -0.3 is 19.5 Å². The topological polar surface area (TPSA) is 76.0 Å². The van der Waals surface area contributed by atoms with Crippen molar-refractivity contribution in [2.75, 3.05) is 7.11 Å². The molecule has 120 valence electrons. The highest BCUT2D eigenvalue weighted by molar-refractivity contribution is 9.10. The molecule has 5 nitrogen and oxygen atoms in total. The van der Waals surface area contributed by atoms with Crippen LogP contribution in [-0.2, 0) is 6.61 Å². The molecule has 0 atom stereocenters. The Balaban J connectivity index is 2.32. The SMILES string of the molecule is COc1cc(B(O)O)c(C=O)cc1OCc1cc(Br)ccc1Cl. The average molecular weight is 399 g/mol. The molecule has 0 radical (unpaired) electrons. The summed E-state index contributed by atoms with van der Waals surface area (Å²) in [6.07, 6.45) is 0.521. The quantitative estimate of drug-likeness (QED) is 0.575. The normalized spacial score (nSPS) is 10.3. The Labute approximate surface area is 147 Å². The first-order chi connectivity index (χ1) is 11.0. The maximum atomic E-state index is 11.1. The molecule has 0 spiro atoms. The molecule has 0 aliphatic carbocycles. The maximum absolute atomic E-state index is 11.1. The number of halogens is 2. The van der Waals surface area contributed by atoms with Crippen LogP contribution in [0.1, 0.15) is 15.9 Å². The second-order valence-corrected chi connectivity index (χ2v) is 5.97. The van der Waals surface area contributed by atoms with Crippen LogP contribution in [0.3, 0.4) is 0 Å². The lowest BCUT2D eigenvalue weighted by molar-refractivity contribution is 0.112. The Bertz CT molecular complexity index is 723. The summed E-state index contributed by atoms with van der Waals surface area (Å²) in [5, 5.41) is 19.1. The summed E-state index contributed by atoms with van der Waals surface area (Å²) in [4.78, 5) is 11.1. The predicted molar refractivity (Wildman–Crippen MR) is 91.7 cm³/mol. The first-order valence-corrected chi connectivity index (χ1v) is 7.73. The standard InChI is InChI=1S/C15H13BBrClO5/c1-22-14-6-12(16(20)21)9(7-19)5-15(14)23-8-10-4-11(17)2-3-13(10)18/h2-7,20-21H,8H2,1H3. The van der Waals surface area contributed by atoms with E-state index in [1.54, 1.807) is 6.07 Å². The van der Waals surface area contributed by atoms with Crippen LogP contribution in [0.4, 0.5) is 0 Å². The highest BCUT2D eigenvalue weighted by atomic mass is 79.9. The van der Waals surface area contributed by atoms with Gasteiger partial charge in [-0.2, -0.15) is 0 Å². The molecule has 2 aromatic carbocycles. The molecule has 0 saturated heterocycles. The van der Waals surface area contributed by atoms with Gasteiger partial charge in [-0.15, -0.1) is 0 Å². The van der Waals surface area contributed by atoms with Crippen molar-refractivity contribution in [1.82, 2.24) is 0 Å². The summed E-state index contributed by atoms with van der Waals surface area (Å²) in [6.45, 7) is 0.161. The van der Waals surface area contributed by atoms with Crippen LogP contribution in [-0.4, -0.2) is 30.6 Å². The van der Waals surface area contributed by atoms with Gasteiger partial charge in [0.15, 0.2) is 11.5 Å². The third-order valence-electron chi connectivity index (χ3n) is 3.17. The minimum absolute atomic E-state index is 0.0460. The van der Waals surface area contributed by atoms with E-state index in [9.17, 15) is 14.8 Å². The maximum Gasteiger partial charge on any atom is 0.489 e. The van der Waals surface area contributed by atoms with Crippen molar-refractivity contribution < 1.29 is 24.3 Å². The van der Waals surface area contributed by atoms with Gasteiger partial charge in [-0.1, -0.05) is 27.5 Å². The first kappa shape index (κ1) is 17.8. The zero-order chi connectivity index (χ0) is 17.0. The molecule has 0 aliphatic heterocycles. The third-order valence-corrected chi connectivity index (χ3v) is 4.03. The van der Waals surface area contributed by atoms with Crippen molar-refractivity contribution >= 4 is 46.4 Å². The number of ether oxygens (including phenoxy) is 2. The highest BCUT2D eigenvalue weighted by Crippen LogP contribution is 2.29. The fourth-order valence-corrected chi connectivity index (χ4v) is 2.58. The Hall–Kier alpha value is -1.54. The summed E-state index contributed by atoms with van der Waals surface area (Å²) in [7, 11) is -0.361.